The SMILES string of the molecule is COC(=O)C1CC2CCCCC2N1C(=O)c1cc(-c2ccccc2)c(N2CCOCC2)s1. The minimum Gasteiger partial charge on any atom is -0.467 e. The molecule has 0 N–H and O–H groups in total. The highest BCUT2D eigenvalue weighted by atomic mass is 32.1. The second kappa shape index (κ2) is 9.24. The van der Waals surface area contributed by atoms with Gasteiger partial charge < -0.3 is 19.3 Å². The van der Waals surface area contributed by atoms with Crippen LogP contribution in [0.25, 0.3) is 11.1 Å². The van der Waals surface area contributed by atoms with Crippen LogP contribution >= 0.6 is 11.3 Å². The highest BCUT2D eigenvalue weighted by molar-refractivity contribution is 7.18. The Balaban J connectivity index is 1.52. The fourth-order valence-electron chi connectivity index (χ4n) is 5.54. The van der Waals surface area contributed by atoms with Crippen LogP contribution in [0.5, 0.6) is 0 Å². The largest absolute Gasteiger partial charge is 0.467 e. The van der Waals surface area contributed by atoms with Crippen LogP contribution in [0.15, 0.2) is 36.4 Å². The van der Waals surface area contributed by atoms with Gasteiger partial charge in [0.2, 0.25) is 0 Å². The number of nitrogens with zero attached hydrogens (tertiary/aromatic N) is 2. The van der Waals surface area contributed by atoms with Gasteiger partial charge in [0.15, 0.2) is 0 Å². The molecular weight excluding hydrogens is 424 g/mol. The molecule has 7 heteroatoms. The molecule has 6 nitrogen and oxygen atoms in total. The Hall–Kier alpha value is -2.38. The number of likely N-dealkylation sites (tertiary alicyclic amines) is 1. The normalized spacial score (nSPS) is 25.5. The molecule has 3 unspecified atom stereocenters. The predicted molar refractivity (Wildman–Crippen MR) is 125 cm³/mol. The van der Waals surface area contributed by atoms with Gasteiger partial charge in [0, 0.05) is 24.7 Å². The van der Waals surface area contributed by atoms with Crippen molar-refractivity contribution in [2.24, 2.45) is 5.92 Å². The van der Waals surface area contributed by atoms with E-state index in [1.807, 2.05) is 29.2 Å². The third kappa shape index (κ3) is 3.92. The summed E-state index contributed by atoms with van der Waals surface area (Å²) in [5.74, 6) is 0.0709. The van der Waals surface area contributed by atoms with Crippen molar-refractivity contribution in [1.82, 2.24) is 4.90 Å². The molecule has 170 valence electrons. The van der Waals surface area contributed by atoms with Crippen molar-refractivity contribution in [1.29, 1.82) is 0 Å². The molecule has 5 rings (SSSR count). The highest BCUT2D eigenvalue weighted by Gasteiger charge is 2.48. The molecule has 1 amide bonds. The van der Waals surface area contributed by atoms with Crippen molar-refractivity contribution in [3.63, 3.8) is 0 Å². The van der Waals surface area contributed by atoms with E-state index in [1.54, 1.807) is 11.3 Å². The second-order valence-electron chi connectivity index (χ2n) is 8.89. The summed E-state index contributed by atoms with van der Waals surface area (Å²) in [6, 6.07) is 11.9. The standard InChI is InChI=1S/C25H30N2O4S/c1-30-25(29)21-15-18-9-5-6-10-20(18)27(21)23(28)22-16-19(17-7-3-2-4-8-17)24(32-22)26-11-13-31-14-12-26/h2-4,7-8,16,18,20-21H,5-6,9-15H2,1H3. The summed E-state index contributed by atoms with van der Waals surface area (Å²) in [4.78, 5) is 31.4. The Morgan fingerprint density at radius 2 is 1.84 bits per heavy atom. The molecule has 2 saturated heterocycles. The van der Waals surface area contributed by atoms with E-state index >= 15 is 0 Å². The Bertz CT molecular complexity index is 970. The molecule has 0 radical (unpaired) electrons. The number of hydrogen-bond acceptors (Lipinski definition) is 6. The van der Waals surface area contributed by atoms with Crippen molar-refractivity contribution >= 4 is 28.2 Å². The molecule has 3 heterocycles. The van der Waals surface area contributed by atoms with Crippen LogP contribution in [0.1, 0.15) is 41.8 Å². The Kier molecular flexibility index (Phi) is 6.20. The molecule has 3 atom stereocenters. The monoisotopic (exact) mass is 454 g/mol. The van der Waals surface area contributed by atoms with Crippen LogP contribution in [0, 0.1) is 5.92 Å². The van der Waals surface area contributed by atoms with Gasteiger partial charge in [0.1, 0.15) is 6.04 Å². The van der Waals surface area contributed by atoms with Gasteiger partial charge in [0.05, 0.1) is 30.2 Å². The zero-order valence-corrected chi connectivity index (χ0v) is 19.3. The lowest BCUT2D eigenvalue weighted by molar-refractivity contribution is -0.145. The third-order valence-corrected chi connectivity index (χ3v) is 8.29. The Morgan fingerprint density at radius 1 is 1.09 bits per heavy atom. The number of anilines is 1. The zero-order valence-electron chi connectivity index (χ0n) is 18.5. The number of morpholine rings is 1. The van der Waals surface area contributed by atoms with Crippen molar-refractivity contribution in [3.05, 3.63) is 41.3 Å². The second-order valence-corrected chi connectivity index (χ2v) is 9.92. The maximum Gasteiger partial charge on any atom is 0.328 e. The molecule has 3 fully saturated rings. The topological polar surface area (TPSA) is 59.1 Å². The van der Waals surface area contributed by atoms with Crippen LogP contribution in [0.3, 0.4) is 0 Å². The van der Waals surface area contributed by atoms with Gasteiger partial charge in [-0.25, -0.2) is 4.79 Å². The lowest BCUT2D eigenvalue weighted by atomic mass is 9.84. The van der Waals surface area contributed by atoms with Crippen LogP contribution in [0.2, 0.25) is 0 Å². The fourth-order valence-corrected chi connectivity index (χ4v) is 6.71. The van der Waals surface area contributed by atoms with E-state index < -0.39 is 6.04 Å². The van der Waals surface area contributed by atoms with E-state index in [9.17, 15) is 9.59 Å². The minimum atomic E-state index is -0.477. The number of thiophene rings is 1. The van der Waals surface area contributed by atoms with E-state index in [4.69, 9.17) is 9.47 Å². The van der Waals surface area contributed by atoms with Gasteiger partial charge >= 0.3 is 5.97 Å². The van der Waals surface area contributed by atoms with E-state index in [-0.39, 0.29) is 17.9 Å². The molecule has 0 spiro atoms. The number of rotatable bonds is 4. The van der Waals surface area contributed by atoms with Crippen molar-refractivity contribution < 1.29 is 19.1 Å². The summed E-state index contributed by atoms with van der Waals surface area (Å²) in [5, 5.41) is 1.11. The average Bonchev–Trinajstić information content (AvgIpc) is 3.47. The summed E-state index contributed by atoms with van der Waals surface area (Å²) in [7, 11) is 1.42. The van der Waals surface area contributed by atoms with Crippen LogP contribution < -0.4 is 4.90 Å². The number of fused-ring (bicyclic) bond motifs is 1. The number of esters is 1. The number of hydrogen-bond donors (Lipinski definition) is 0. The van der Waals surface area contributed by atoms with Crippen LogP contribution in [-0.4, -0.2) is 62.3 Å². The number of ether oxygens (including phenoxy) is 2. The van der Waals surface area contributed by atoms with Gasteiger partial charge in [-0.3, -0.25) is 4.79 Å². The summed E-state index contributed by atoms with van der Waals surface area (Å²) in [6.07, 6.45) is 5.06. The maximum absolute atomic E-state index is 13.9. The quantitative estimate of drug-likeness (QED) is 0.648. The van der Waals surface area contributed by atoms with Crippen molar-refractivity contribution in [2.75, 3.05) is 38.3 Å². The molecule has 1 aliphatic carbocycles. The van der Waals surface area contributed by atoms with E-state index in [0.717, 1.165) is 54.9 Å². The van der Waals surface area contributed by atoms with Gasteiger partial charge in [-0.05, 0) is 36.8 Å². The summed E-state index contributed by atoms with van der Waals surface area (Å²) < 4.78 is 10.6. The number of amides is 1. The van der Waals surface area contributed by atoms with Crippen LogP contribution in [0.4, 0.5) is 5.00 Å². The van der Waals surface area contributed by atoms with Gasteiger partial charge in [-0.15, -0.1) is 11.3 Å². The van der Waals surface area contributed by atoms with Crippen molar-refractivity contribution in [3.8, 4) is 11.1 Å². The third-order valence-electron chi connectivity index (χ3n) is 7.10. The maximum atomic E-state index is 13.9. The first kappa shape index (κ1) is 21.5. The lowest BCUT2D eigenvalue weighted by Gasteiger charge is -2.33. The minimum absolute atomic E-state index is 0.0310. The van der Waals surface area contributed by atoms with E-state index in [2.05, 4.69) is 17.0 Å². The summed E-state index contributed by atoms with van der Waals surface area (Å²) in [6.45, 7) is 3.01. The van der Waals surface area contributed by atoms with Crippen LogP contribution in [-0.2, 0) is 14.3 Å². The number of benzene rings is 1. The number of carbonyl (C=O) groups excluding carboxylic acids is 2. The molecular formula is C25H30N2O4S. The fraction of sp³-hybridized carbons (Fsp3) is 0.520. The molecule has 32 heavy (non-hydrogen) atoms. The van der Waals surface area contributed by atoms with E-state index in [1.165, 1.54) is 13.5 Å². The zero-order chi connectivity index (χ0) is 22.1. The summed E-state index contributed by atoms with van der Waals surface area (Å²) in [5.41, 5.74) is 2.18. The number of carbonyl (C=O) groups is 2. The average molecular weight is 455 g/mol. The molecule has 2 aromatic rings. The lowest BCUT2D eigenvalue weighted by Crippen LogP contribution is -2.46. The molecule has 0 bridgehead atoms. The molecule has 3 aliphatic rings. The van der Waals surface area contributed by atoms with Gasteiger partial charge in [0.25, 0.3) is 5.91 Å². The molecule has 1 aromatic carbocycles. The van der Waals surface area contributed by atoms with Crippen molar-refractivity contribution in [2.45, 2.75) is 44.2 Å². The Morgan fingerprint density at radius 3 is 2.59 bits per heavy atom. The first-order valence-electron chi connectivity index (χ1n) is 11.6. The summed E-state index contributed by atoms with van der Waals surface area (Å²) >= 11 is 1.54. The van der Waals surface area contributed by atoms with E-state index in [0.29, 0.717) is 24.0 Å². The predicted octanol–water partition coefficient (Wildman–Crippen LogP) is 4.20. The molecule has 1 saturated carbocycles. The Labute approximate surface area is 193 Å². The van der Waals surface area contributed by atoms with Gasteiger partial charge in [-0.1, -0.05) is 43.2 Å². The highest BCUT2D eigenvalue weighted by Crippen LogP contribution is 2.44. The molecule has 1 aromatic heterocycles. The first-order chi connectivity index (χ1) is 15.7. The number of methoxy groups -OCH3 is 1. The first-order valence-corrected chi connectivity index (χ1v) is 12.4. The van der Waals surface area contributed by atoms with Gasteiger partial charge in [-0.2, -0.15) is 0 Å². The smallest absolute Gasteiger partial charge is 0.328 e. The molecule has 2 aliphatic heterocycles.